The van der Waals surface area contributed by atoms with E-state index in [-0.39, 0.29) is 6.61 Å². The van der Waals surface area contributed by atoms with Crippen molar-refractivity contribution >= 4 is 18.0 Å². The fourth-order valence-corrected chi connectivity index (χ4v) is 2.28. The summed E-state index contributed by atoms with van der Waals surface area (Å²) < 4.78 is 15.5. The Hall–Kier alpha value is -2.61. The highest BCUT2D eigenvalue weighted by atomic mass is 16.6. The van der Waals surface area contributed by atoms with Gasteiger partial charge in [-0.25, -0.2) is 9.59 Å². The standard InChI is InChI=1S/C17H22N2O6/c1-16(2,3)25-15(22)19-17(12(13(20)23-4)18-14(17)21)24-10-11-8-6-5-7-9-11/h5-9,12H,10H2,1-4H3,(H,18,21)(H,19,22)/t12-,17+/m1/s1. The molecule has 2 amide bonds. The number of hydrogen-bond donors (Lipinski definition) is 2. The third-order valence-electron chi connectivity index (χ3n) is 3.45. The van der Waals surface area contributed by atoms with E-state index in [0.29, 0.717) is 0 Å². The summed E-state index contributed by atoms with van der Waals surface area (Å²) in [5.74, 6) is -1.38. The highest BCUT2D eigenvalue weighted by Gasteiger charge is 2.62. The summed E-state index contributed by atoms with van der Waals surface area (Å²) in [5.41, 5.74) is -1.88. The van der Waals surface area contributed by atoms with Crippen LogP contribution >= 0.6 is 0 Å². The molecular formula is C17H22N2O6. The van der Waals surface area contributed by atoms with Crippen molar-refractivity contribution in [3.63, 3.8) is 0 Å². The van der Waals surface area contributed by atoms with Crippen molar-refractivity contribution in [2.24, 2.45) is 0 Å². The second-order valence-electron chi connectivity index (χ2n) is 6.57. The molecule has 1 saturated heterocycles. The maximum absolute atomic E-state index is 12.2. The van der Waals surface area contributed by atoms with Crippen LogP contribution in [0.3, 0.4) is 0 Å². The quantitative estimate of drug-likeness (QED) is 0.468. The molecule has 1 aromatic rings. The predicted molar refractivity (Wildman–Crippen MR) is 87.3 cm³/mol. The Kier molecular flexibility index (Phi) is 5.32. The minimum Gasteiger partial charge on any atom is -0.467 e. The molecule has 1 aliphatic heterocycles. The molecule has 136 valence electrons. The van der Waals surface area contributed by atoms with Gasteiger partial charge in [-0.05, 0) is 26.3 Å². The van der Waals surface area contributed by atoms with Crippen molar-refractivity contribution in [2.45, 2.75) is 44.7 Å². The molecule has 0 saturated carbocycles. The number of hydrogen-bond acceptors (Lipinski definition) is 6. The number of carbonyl (C=O) groups excluding carboxylic acids is 3. The second-order valence-corrected chi connectivity index (χ2v) is 6.57. The molecular weight excluding hydrogens is 328 g/mol. The van der Waals surface area contributed by atoms with E-state index in [9.17, 15) is 14.4 Å². The number of nitrogens with one attached hydrogen (secondary N) is 2. The number of amides is 2. The van der Waals surface area contributed by atoms with E-state index in [1.54, 1.807) is 32.9 Å². The van der Waals surface area contributed by atoms with Crippen molar-refractivity contribution in [1.29, 1.82) is 0 Å². The fourth-order valence-electron chi connectivity index (χ4n) is 2.28. The van der Waals surface area contributed by atoms with Crippen molar-refractivity contribution in [1.82, 2.24) is 10.6 Å². The van der Waals surface area contributed by atoms with E-state index in [4.69, 9.17) is 9.47 Å². The van der Waals surface area contributed by atoms with Crippen LogP contribution in [0.15, 0.2) is 30.3 Å². The van der Waals surface area contributed by atoms with Gasteiger partial charge in [0.2, 0.25) is 0 Å². The average Bonchev–Trinajstić information content (AvgIpc) is 2.54. The molecule has 0 aromatic heterocycles. The van der Waals surface area contributed by atoms with Gasteiger partial charge in [0.25, 0.3) is 11.6 Å². The lowest BCUT2D eigenvalue weighted by molar-refractivity contribution is -0.192. The molecule has 0 aliphatic carbocycles. The number of esters is 1. The lowest BCUT2D eigenvalue weighted by Crippen LogP contribution is -2.82. The monoisotopic (exact) mass is 350 g/mol. The van der Waals surface area contributed by atoms with Crippen LogP contribution in [0.5, 0.6) is 0 Å². The summed E-state index contributed by atoms with van der Waals surface area (Å²) in [7, 11) is 1.18. The van der Waals surface area contributed by atoms with Gasteiger partial charge in [0.05, 0.1) is 13.7 Å². The first-order valence-electron chi connectivity index (χ1n) is 7.76. The smallest absolute Gasteiger partial charge is 0.410 e. The van der Waals surface area contributed by atoms with Gasteiger partial charge in [0.15, 0.2) is 6.04 Å². The Balaban J connectivity index is 2.20. The summed E-state index contributed by atoms with van der Waals surface area (Å²) in [6.07, 6.45) is -0.871. The Morgan fingerprint density at radius 1 is 1.24 bits per heavy atom. The molecule has 8 nitrogen and oxygen atoms in total. The summed E-state index contributed by atoms with van der Waals surface area (Å²) in [6.45, 7) is 5.06. The first kappa shape index (κ1) is 18.7. The minimum atomic E-state index is -1.88. The topological polar surface area (TPSA) is 103 Å². The Morgan fingerprint density at radius 3 is 2.40 bits per heavy atom. The van der Waals surface area contributed by atoms with E-state index < -0.39 is 35.3 Å². The Bertz CT molecular complexity index is 655. The van der Waals surface area contributed by atoms with E-state index in [1.807, 2.05) is 18.2 Å². The normalized spacial score (nSPS) is 22.4. The third kappa shape index (κ3) is 4.27. The van der Waals surface area contributed by atoms with Gasteiger partial charge in [0.1, 0.15) is 5.60 Å². The average molecular weight is 350 g/mol. The molecule has 1 heterocycles. The van der Waals surface area contributed by atoms with Crippen LogP contribution in [0, 0.1) is 0 Å². The first-order valence-corrected chi connectivity index (χ1v) is 7.76. The lowest BCUT2D eigenvalue weighted by Gasteiger charge is -2.45. The second kappa shape index (κ2) is 7.10. The molecule has 1 fully saturated rings. The van der Waals surface area contributed by atoms with Crippen LogP contribution in [-0.2, 0) is 30.4 Å². The summed E-state index contributed by atoms with van der Waals surface area (Å²) in [5, 5.41) is 4.76. The predicted octanol–water partition coefficient (Wildman–Crippen LogP) is 1.10. The molecule has 0 radical (unpaired) electrons. The molecule has 2 atom stereocenters. The molecule has 0 bridgehead atoms. The van der Waals surface area contributed by atoms with Gasteiger partial charge in [-0.3, -0.25) is 10.1 Å². The first-order chi connectivity index (χ1) is 11.7. The highest BCUT2D eigenvalue weighted by molar-refractivity contribution is 6.04. The van der Waals surface area contributed by atoms with E-state index in [2.05, 4.69) is 15.4 Å². The maximum atomic E-state index is 12.2. The van der Waals surface area contributed by atoms with Crippen molar-refractivity contribution in [3.05, 3.63) is 35.9 Å². The van der Waals surface area contributed by atoms with Crippen LogP contribution < -0.4 is 10.6 Å². The molecule has 1 aliphatic rings. The van der Waals surface area contributed by atoms with E-state index in [0.717, 1.165) is 5.56 Å². The van der Waals surface area contributed by atoms with Gasteiger partial charge >= 0.3 is 12.1 Å². The molecule has 0 spiro atoms. The number of alkyl carbamates (subject to hydrolysis) is 1. The van der Waals surface area contributed by atoms with E-state index >= 15 is 0 Å². The van der Waals surface area contributed by atoms with Crippen LogP contribution in [0.4, 0.5) is 4.79 Å². The third-order valence-corrected chi connectivity index (χ3v) is 3.45. The van der Waals surface area contributed by atoms with Gasteiger partial charge in [-0.2, -0.15) is 0 Å². The molecule has 8 heteroatoms. The zero-order chi connectivity index (χ0) is 18.7. The maximum Gasteiger partial charge on any atom is 0.410 e. The SMILES string of the molecule is COC(=O)[C@H]1NC(=O)[C@@]1(NC(=O)OC(C)(C)C)OCc1ccccc1. The molecule has 1 aromatic carbocycles. The number of methoxy groups -OCH3 is 1. The summed E-state index contributed by atoms with van der Waals surface area (Å²) in [4.78, 5) is 36.3. The number of ether oxygens (including phenoxy) is 3. The molecule has 0 unspecified atom stereocenters. The van der Waals surface area contributed by atoms with Gasteiger partial charge in [-0.1, -0.05) is 30.3 Å². The zero-order valence-electron chi connectivity index (χ0n) is 14.6. The van der Waals surface area contributed by atoms with E-state index in [1.165, 1.54) is 7.11 Å². The summed E-state index contributed by atoms with van der Waals surface area (Å²) in [6, 6.07) is 7.89. The van der Waals surface area contributed by atoms with Gasteiger partial charge in [-0.15, -0.1) is 0 Å². The van der Waals surface area contributed by atoms with Gasteiger partial charge < -0.3 is 19.5 Å². The fraction of sp³-hybridized carbons (Fsp3) is 0.471. The van der Waals surface area contributed by atoms with Crippen molar-refractivity contribution in [2.75, 3.05) is 7.11 Å². The number of benzene rings is 1. The molecule has 2 N–H and O–H groups in total. The van der Waals surface area contributed by atoms with Crippen molar-refractivity contribution in [3.8, 4) is 0 Å². The Morgan fingerprint density at radius 2 is 1.88 bits per heavy atom. The number of β-lactam (4-membered cyclic amide) rings is 1. The largest absolute Gasteiger partial charge is 0.467 e. The van der Waals surface area contributed by atoms with Crippen LogP contribution in [0.25, 0.3) is 0 Å². The van der Waals surface area contributed by atoms with Crippen LogP contribution in [-0.4, -0.2) is 42.4 Å². The van der Waals surface area contributed by atoms with Crippen LogP contribution in [0.1, 0.15) is 26.3 Å². The Labute approximate surface area is 145 Å². The van der Waals surface area contributed by atoms with Crippen molar-refractivity contribution < 1.29 is 28.6 Å². The summed E-state index contributed by atoms with van der Waals surface area (Å²) >= 11 is 0. The number of carbonyl (C=O) groups is 3. The number of rotatable bonds is 5. The lowest BCUT2D eigenvalue weighted by atomic mass is 9.93. The van der Waals surface area contributed by atoms with Gasteiger partial charge in [0, 0.05) is 0 Å². The zero-order valence-corrected chi connectivity index (χ0v) is 14.6. The molecule has 2 rings (SSSR count). The minimum absolute atomic E-state index is 0.0115. The highest BCUT2D eigenvalue weighted by Crippen LogP contribution is 2.26. The molecule has 25 heavy (non-hydrogen) atoms. The van der Waals surface area contributed by atoms with Crippen LogP contribution in [0.2, 0.25) is 0 Å².